The molecular weight excluding hydrogens is 266 g/mol. The molecule has 21 heavy (non-hydrogen) atoms. The zero-order valence-electron chi connectivity index (χ0n) is 14.1. The van der Waals surface area contributed by atoms with Gasteiger partial charge in [0.15, 0.2) is 0 Å². The van der Waals surface area contributed by atoms with Crippen molar-refractivity contribution in [2.75, 3.05) is 13.2 Å². The van der Waals surface area contributed by atoms with Crippen molar-refractivity contribution >= 4 is 0 Å². The fraction of sp³-hybridized carbons (Fsp3) is 0.875. The lowest BCUT2D eigenvalue weighted by molar-refractivity contribution is -0.152. The minimum Gasteiger partial charge on any atom is -0.424 e. The van der Waals surface area contributed by atoms with Crippen LogP contribution in [0.5, 0.6) is 0 Å². The van der Waals surface area contributed by atoms with Crippen molar-refractivity contribution in [1.29, 1.82) is 0 Å². The Bertz CT molecular complexity index is 444. The number of aromatic nitrogens is 2. The summed E-state index contributed by atoms with van der Waals surface area (Å²) in [4.78, 5) is 2.47. The first-order valence-electron chi connectivity index (χ1n) is 8.19. The second-order valence-corrected chi connectivity index (χ2v) is 6.43. The average molecular weight is 295 g/mol. The molecule has 2 rings (SSSR count). The minimum absolute atomic E-state index is 0.179. The van der Waals surface area contributed by atoms with E-state index in [0.717, 1.165) is 50.7 Å². The number of ether oxygens (including phenoxy) is 1. The highest BCUT2D eigenvalue weighted by atomic mass is 16.5. The Hall–Kier alpha value is -0.940. The number of rotatable bonds is 8. The van der Waals surface area contributed by atoms with E-state index in [-0.39, 0.29) is 5.41 Å². The summed E-state index contributed by atoms with van der Waals surface area (Å²) in [6.45, 7) is 13.5. The molecule has 1 aromatic rings. The van der Waals surface area contributed by atoms with Gasteiger partial charge in [-0.15, -0.1) is 10.2 Å². The van der Waals surface area contributed by atoms with E-state index in [0.29, 0.717) is 12.1 Å². The number of nitrogens with zero attached hydrogens (tertiary/aromatic N) is 3. The number of hydrogen-bond acceptors (Lipinski definition) is 5. The Morgan fingerprint density at radius 3 is 2.48 bits per heavy atom. The lowest BCUT2D eigenvalue weighted by Gasteiger charge is -2.55. The zero-order valence-corrected chi connectivity index (χ0v) is 14.1. The zero-order chi connectivity index (χ0) is 15.5. The number of aryl methyl sites for hydroxylation is 1. The van der Waals surface area contributed by atoms with E-state index in [2.05, 4.69) is 42.8 Å². The van der Waals surface area contributed by atoms with Gasteiger partial charge in [0.25, 0.3) is 0 Å². The molecule has 0 aliphatic heterocycles. The molecule has 0 radical (unpaired) electrons. The lowest BCUT2D eigenvalue weighted by atomic mass is 9.63. The van der Waals surface area contributed by atoms with Crippen molar-refractivity contribution in [2.45, 2.75) is 72.6 Å². The first-order chi connectivity index (χ1) is 10.0. The SMILES string of the molecule is CCCN(Cc1nnc(CC)o1)[C@H]1C[C@@H](OCC)C1(C)C. The van der Waals surface area contributed by atoms with Crippen molar-refractivity contribution in [2.24, 2.45) is 5.41 Å². The van der Waals surface area contributed by atoms with Crippen LogP contribution >= 0.6 is 0 Å². The first-order valence-corrected chi connectivity index (χ1v) is 8.19. The van der Waals surface area contributed by atoms with Crippen LogP contribution in [0.25, 0.3) is 0 Å². The van der Waals surface area contributed by atoms with Crippen LogP contribution in [0.1, 0.15) is 59.2 Å². The minimum atomic E-state index is 0.179. The molecule has 1 heterocycles. The van der Waals surface area contributed by atoms with Crippen LogP contribution in [-0.4, -0.2) is 40.4 Å². The predicted molar refractivity (Wildman–Crippen MR) is 82.0 cm³/mol. The summed E-state index contributed by atoms with van der Waals surface area (Å²) in [6.07, 6.45) is 3.37. The van der Waals surface area contributed by atoms with Gasteiger partial charge in [-0.2, -0.15) is 0 Å². The van der Waals surface area contributed by atoms with Crippen LogP contribution in [0, 0.1) is 5.41 Å². The van der Waals surface area contributed by atoms with Gasteiger partial charge >= 0.3 is 0 Å². The van der Waals surface area contributed by atoms with Gasteiger partial charge in [0.2, 0.25) is 11.8 Å². The standard InChI is InChI=1S/C16H29N3O2/c1-6-9-19(11-15-18-17-14(7-2)21-15)12-10-13(20-8-3)16(12,4)5/h12-13H,6-11H2,1-5H3/t12-,13+/m0/s1. The molecule has 0 saturated heterocycles. The van der Waals surface area contributed by atoms with E-state index in [1.807, 2.05) is 6.92 Å². The van der Waals surface area contributed by atoms with Crippen LogP contribution in [-0.2, 0) is 17.7 Å². The molecule has 0 bridgehead atoms. The molecule has 5 heteroatoms. The average Bonchev–Trinajstić information content (AvgIpc) is 2.90. The van der Waals surface area contributed by atoms with E-state index < -0.39 is 0 Å². The molecule has 1 aliphatic carbocycles. The number of hydrogen-bond donors (Lipinski definition) is 0. The summed E-state index contributed by atoms with van der Waals surface area (Å²) in [5.74, 6) is 1.46. The summed E-state index contributed by atoms with van der Waals surface area (Å²) in [6, 6.07) is 0.519. The monoisotopic (exact) mass is 295 g/mol. The fourth-order valence-electron chi connectivity index (χ4n) is 3.27. The second-order valence-electron chi connectivity index (χ2n) is 6.43. The maximum Gasteiger partial charge on any atom is 0.230 e. The molecule has 0 amide bonds. The van der Waals surface area contributed by atoms with Crippen molar-refractivity contribution in [3.05, 3.63) is 11.8 Å². The van der Waals surface area contributed by atoms with Gasteiger partial charge in [0.1, 0.15) is 0 Å². The molecule has 0 N–H and O–H groups in total. The summed E-state index contributed by atoms with van der Waals surface area (Å²) >= 11 is 0. The summed E-state index contributed by atoms with van der Waals surface area (Å²) in [5, 5.41) is 8.23. The molecule has 5 nitrogen and oxygen atoms in total. The van der Waals surface area contributed by atoms with E-state index in [9.17, 15) is 0 Å². The quantitative estimate of drug-likeness (QED) is 0.738. The van der Waals surface area contributed by atoms with Crippen molar-refractivity contribution in [1.82, 2.24) is 15.1 Å². The van der Waals surface area contributed by atoms with Crippen LogP contribution in [0.15, 0.2) is 4.42 Å². The Morgan fingerprint density at radius 2 is 1.95 bits per heavy atom. The third-order valence-corrected chi connectivity index (χ3v) is 4.59. The summed E-state index contributed by atoms with van der Waals surface area (Å²) in [5.41, 5.74) is 0.179. The molecule has 2 atom stereocenters. The fourth-order valence-corrected chi connectivity index (χ4v) is 3.27. The predicted octanol–water partition coefficient (Wildman–Crippen LogP) is 3.05. The van der Waals surface area contributed by atoms with Gasteiger partial charge in [0.05, 0.1) is 12.6 Å². The lowest BCUT2D eigenvalue weighted by Crippen LogP contribution is -2.62. The van der Waals surface area contributed by atoms with Crippen molar-refractivity contribution in [3.8, 4) is 0 Å². The first kappa shape index (κ1) is 16.4. The Morgan fingerprint density at radius 1 is 1.24 bits per heavy atom. The van der Waals surface area contributed by atoms with Crippen LogP contribution in [0.4, 0.5) is 0 Å². The van der Waals surface area contributed by atoms with Crippen LogP contribution in [0.3, 0.4) is 0 Å². The van der Waals surface area contributed by atoms with Crippen molar-refractivity contribution in [3.63, 3.8) is 0 Å². The summed E-state index contributed by atoms with van der Waals surface area (Å²) < 4.78 is 11.5. The summed E-state index contributed by atoms with van der Waals surface area (Å²) in [7, 11) is 0. The third-order valence-electron chi connectivity index (χ3n) is 4.59. The smallest absolute Gasteiger partial charge is 0.230 e. The van der Waals surface area contributed by atoms with E-state index in [4.69, 9.17) is 9.15 Å². The van der Waals surface area contributed by atoms with Crippen LogP contribution in [0.2, 0.25) is 0 Å². The normalized spacial score (nSPS) is 24.3. The molecule has 0 unspecified atom stereocenters. The Labute approximate surface area is 128 Å². The van der Waals surface area contributed by atoms with E-state index >= 15 is 0 Å². The van der Waals surface area contributed by atoms with Gasteiger partial charge in [0, 0.05) is 24.5 Å². The van der Waals surface area contributed by atoms with E-state index in [1.165, 1.54) is 0 Å². The van der Waals surface area contributed by atoms with Gasteiger partial charge < -0.3 is 9.15 Å². The third kappa shape index (κ3) is 3.46. The highest BCUT2D eigenvalue weighted by molar-refractivity contribution is 5.04. The van der Waals surface area contributed by atoms with E-state index in [1.54, 1.807) is 0 Å². The molecule has 1 aromatic heterocycles. The Kier molecular flexibility index (Phi) is 5.38. The maximum absolute atomic E-state index is 5.85. The molecule has 1 aliphatic rings. The topological polar surface area (TPSA) is 51.4 Å². The molecule has 0 aromatic carbocycles. The van der Waals surface area contributed by atoms with Gasteiger partial charge in [-0.1, -0.05) is 27.7 Å². The molecular formula is C16H29N3O2. The highest BCUT2D eigenvalue weighted by Gasteiger charge is 2.51. The Balaban J connectivity index is 2.02. The maximum atomic E-state index is 5.85. The van der Waals surface area contributed by atoms with Crippen molar-refractivity contribution < 1.29 is 9.15 Å². The molecule has 0 spiro atoms. The molecule has 1 fully saturated rings. The molecule has 1 saturated carbocycles. The second kappa shape index (κ2) is 6.88. The van der Waals surface area contributed by atoms with Gasteiger partial charge in [-0.3, -0.25) is 4.90 Å². The van der Waals surface area contributed by atoms with Gasteiger partial charge in [-0.25, -0.2) is 0 Å². The van der Waals surface area contributed by atoms with Crippen LogP contribution < -0.4 is 0 Å². The molecule has 120 valence electrons. The highest BCUT2D eigenvalue weighted by Crippen LogP contribution is 2.46. The largest absolute Gasteiger partial charge is 0.424 e. The van der Waals surface area contributed by atoms with Gasteiger partial charge in [-0.05, 0) is 26.3 Å².